The van der Waals surface area contributed by atoms with Gasteiger partial charge in [-0.1, -0.05) is 26.3 Å². The molecule has 13 heavy (non-hydrogen) atoms. The van der Waals surface area contributed by atoms with E-state index in [2.05, 4.69) is 19.9 Å². The zero-order chi connectivity index (χ0) is 9.47. The second-order valence-electron chi connectivity index (χ2n) is 5.14. The van der Waals surface area contributed by atoms with Crippen molar-refractivity contribution in [2.75, 3.05) is 0 Å². The highest BCUT2D eigenvalue weighted by Crippen LogP contribution is 2.40. The summed E-state index contributed by atoms with van der Waals surface area (Å²) >= 11 is 0. The summed E-state index contributed by atoms with van der Waals surface area (Å²) in [5, 5.41) is 0. The lowest BCUT2D eigenvalue weighted by atomic mass is 9.70. The van der Waals surface area contributed by atoms with Crippen LogP contribution in [0.5, 0.6) is 0 Å². The lowest BCUT2D eigenvalue weighted by Crippen LogP contribution is -2.27. The highest BCUT2D eigenvalue weighted by molar-refractivity contribution is 5.96. The molecule has 2 aliphatic carbocycles. The van der Waals surface area contributed by atoms with Crippen molar-refractivity contribution in [3.05, 3.63) is 11.6 Å². The minimum absolute atomic E-state index is 0.263. The van der Waals surface area contributed by atoms with E-state index >= 15 is 0 Å². The molecule has 0 aromatic rings. The smallest absolute Gasteiger partial charge is 0.158 e. The predicted octanol–water partition coefficient (Wildman–Crippen LogP) is 3.10. The number of carbonyl (C=O) groups excluding carboxylic acids is 1. The van der Waals surface area contributed by atoms with Gasteiger partial charge in [0.15, 0.2) is 5.78 Å². The third kappa shape index (κ3) is 1.70. The van der Waals surface area contributed by atoms with Crippen LogP contribution in [0.25, 0.3) is 0 Å². The number of carbonyl (C=O) groups is 1. The van der Waals surface area contributed by atoms with E-state index in [-0.39, 0.29) is 5.41 Å². The van der Waals surface area contributed by atoms with Crippen molar-refractivity contribution in [1.29, 1.82) is 0 Å². The molecule has 0 spiro atoms. The second-order valence-corrected chi connectivity index (χ2v) is 5.14. The van der Waals surface area contributed by atoms with Crippen molar-refractivity contribution in [2.45, 2.75) is 46.0 Å². The van der Waals surface area contributed by atoms with Crippen molar-refractivity contribution in [2.24, 2.45) is 11.3 Å². The molecule has 0 aromatic heterocycles. The van der Waals surface area contributed by atoms with E-state index in [1.807, 2.05) is 0 Å². The van der Waals surface area contributed by atoms with Gasteiger partial charge in [-0.05, 0) is 36.2 Å². The molecule has 0 aliphatic heterocycles. The van der Waals surface area contributed by atoms with Crippen molar-refractivity contribution in [3.8, 4) is 0 Å². The molecule has 1 heteroatoms. The van der Waals surface area contributed by atoms with Crippen LogP contribution in [0.15, 0.2) is 11.6 Å². The number of Topliss-reactive ketones (excluding diaryl/α,β-unsaturated/α-hetero) is 1. The SMILES string of the molecule is CC1(C)C=C(C2CCC2)C(=O)CC1. The summed E-state index contributed by atoms with van der Waals surface area (Å²) in [6.45, 7) is 4.47. The first-order valence-electron chi connectivity index (χ1n) is 5.34. The van der Waals surface area contributed by atoms with Crippen LogP contribution in [-0.2, 0) is 4.79 Å². The van der Waals surface area contributed by atoms with Gasteiger partial charge in [-0.15, -0.1) is 0 Å². The quantitative estimate of drug-likeness (QED) is 0.603. The van der Waals surface area contributed by atoms with Gasteiger partial charge in [-0.2, -0.15) is 0 Å². The zero-order valence-corrected chi connectivity index (χ0v) is 8.60. The van der Waals surface area contributed by atoms with Crippen LogP contribution in [-0.4, -0.2) is 5.78 Å². The molecule has 0 amide bonds. The van der Waals surface area contributed by atoms with E-state index < -0.39 is 0 Å². The van der Waals surface area contributed by atoms with E-state index in [0.717, 1.165) is 18.4 Å². The van der Waals surface area contributed by atoms with Crippen LogP contribution in [0.2, 0.25) is 0 Å². The van der Waals surface area contributed by atoms with E-state index in [1.165, 1.54) is 19.3 Å². The Morgan fingerprint density at radius 2 is 2.08 bits per heavy atom. The maximum atomic E-state index is 11.6. The number of rotatable bonds is 1. The fourth-order valence-corrected chi connectivity index (χ4v) is 2.22. The van der Waals surface area contributed by atoms with Crippen molar-refractivity contribution in [3.63, 3.8) is 0 Å². The fraction of sp³-hybridized carbons (Fsp3) is 0.750. The lowest BCUT2D eigenvalue weighted by Gasteiger charge is -2.34. The van der Waals surface area contributed by atoms with E-state index in [4.69, 9.17) is 0 Å². The first kappa shape index (κ1) is 8.98. The van der Waals surface area contributed by atoms with Gasteiger partial charge in [0, 0.05) is 6.42 Å². The Morgan fingerprint density at radius 1 is 1.38 bits per heavy atom. The summed E-state index contributed by atoms with van der Waals surface area (Å²) in [6, 6.07) is 0. The molecule has 0 atom stereocenters. The molecule has 1 fully saturated rings. The van der Waals surface area contributed by atoms with Gasteiger partial charge in [-0.25, -0.2) is 0 Å². The number of ketones is 1. The molecule has 72 valence electrons. The van der Waals surface area contributed by atoms with Gasteiger partial charge in [-0.3, -0.25) is 4.79 Å². The summed E-state index contributed by atoms with van der Waals surface area (Å²) in [4.78, 5) is 11.6. The van der Waals surface area contributed by atoms with Crippen LogP contribution in [0.3, 0.4) is 0 Å². The second kappa shape index (κ2) is 2.97. The molecule has 0 saturated heterocycles. The Labute approximate surface area is 80.2 Å². The van der Waals surface area contributed by atoms with Gasteiger partial charge in [0.2, 0.25) is 0 Å². The number of allylic oxidation sites excluding steroid dienone is 2. The third-order valence-electron chi connectivity index (χ3n) is 3.41. The maximum absolute atomic E-state index is 11.6. The summed E-state index contributed by atoms with van der Waals surface area (Å²) < 4.78 is 0. The molecular weight excluding hydrogens is 160 g/mol. The molecule has 0 heterocycles. The van der Waals surface area contributed by atoms with Gasteiger partial charge in [0.05, 0.1) is 0 Å². The highest BCUT2D eigenvalue weighted by Gasteiger charge is 2.32. The average Bonchev–Trinajstić information content (AvgIpc) is 1.93. The van der Waals surface area contributed by atoms with Crippen LogP contribution >= 0.6 is 0 Å². The topological polar surface area (TPSA) is 17.1 Å². The minimum atomic E-state index is 0.263. The molecule has 0 N–H and O–H groups in total. The Morgan fingerprint density at radius 3 is 2.62 bits per heavy atom. The van der Waals surface area contributed by atoms with E-state index in [9.17, 15) is 4.79 Å². The zero-order valence-electron chi connectivity index (χ0n) is 8.60. The Bertz CT molecular complexity index is 256. The molecule has 2 aliphatic rings. The van der Waals surface area contributed by atoms with Gasteiger partial charge >= 0.3 is 0 Å². The molecule has 0 aromatic carbocycles. The van der Waals surface area contributed by atoms with Gasteiger partial charge in [0.1, 0.15) is 0 Å². The summed E-state index contributed by atoms with van der Waals surface area (Å²) in [7, 11) is 0. The maximum Gasteiger partial charge on any atom is 0.158 e. The lowest BCUT2D eigenvalue weighted by molar-refractivity contribution is -0.117. The van der Waals surface area contributed by atoms with Crippen molar-refractivity contribution >= 4 is 5.78 Å². The Kier molecular flexibility index (Phi) is 2.05. The van der Waals surface area contributed by atoms with Crippen LogP contribution in [0.1, 0.15) is 46.0 Å². The van der Waals surface area contributed by atoms with Crippen LogP contribution in [0, 0.1) is 11.3 Å². The fourth-order valence-electron chi connectivity index (χ4n) is 2.22. The Hall–Kier alpha value is -0.590. The summed E-state index contributed by atoms with van der Waals surface area (Å²) in [5.41, 5.74) is 1.42. The standard InChI is InChI=1S/C12H18O/c1-12(2)7-6-11(13)10(8-12)9-4-3-5-9/h8-9H,3-7H2,1-2H3. The number of hydrogen-bond acceptors (Lipinski definition) is 1. The van der Waals surface area contributed by atoms with Crippen molar-refractivity contribution in [1.82, 2.24) is 0 Å². The molecule has 0 unspecified atom stereocenters. The third-order valence-corrected chi connectivity index (χ3v) is 3.41. The molecule has 0 radical (unpaired) electrons. The van der Waals surface area contributed by atoms with Crippen LogP contribution in [0.4, 0.5) is 0 Å². The Balaban J connectivity index is 2.21. The van der Waals surface area contributed by atoms with Gasteiger partial charge < -0.3 is 0 Å². The van der Waals surface area contributed by atoms with Gasteiger partial charge in [0.25, 0.3) is 0 Å². The molecular formula is C12H18O. The van der Waals surface area contributed by atoms with Crippen molar-refractivity contribution < 1.29 is 4.79 Å². The monoisotopic (exact) mass is 178 g/mol. The highest BCUT2D eigenvalue weighted by atomic mass is 16.1. The average molecular weight is 178 g/mol. The van der Waals surface area contributed by atoms with E-state index in [1.54, 1.807) is 0 Å². The minimum Gasteiger partial charge on any atom is -0.295 e. The first-order valence-corrected chi connectivity index (χ1v) is 5.34. The summed E-state index contributed by atoms with van der Waals surface area (Å²) in [6.07, 6.45) is 7.84. The molecule has 1 saturated carbocycles. The molecule has 1 nitrogen and oxygen atoms in total. The largest absolute Gasteiger partial charge is 0.295 e. The normalized spacial score (nSPS) is 28.2. The summed E-state index contributed by atoms with van der Waals surface area (Å²) in [5.74, 6) is 1.04. The van der Waals surface area contributed by atoms with Crippen LogP contribution < -0.4 is 0 Å². The molecule has 2 rings (SSSR count). The predicted molar refractivity (Wildman–Crippen MR) is 53.4 cm³/mol. The molecule has 0 bridgehead atoms. The first-order chi connectivity index (χ1) is 6.08. The number of hydrogen-bond donors (Lipinski definition) is 0. The van der Waals surface area contributed by atoms with E-state index in [0.29, 0.717) is 11.7 Å².